The summed E-state index contributed by atoms with van der Waals surface area (Å²) in [5.74, 6) is 0.149. The van der Waals surface area contributed by atoms with E-state index < -0.39 is 0 Å². The summed E-state index contributed by atoms with van der Waals surface area (Å²) in [4.78, 5) is 17.3. The van der Waals surface area contributed by atoms with Crippen LogP contribution in [0, 0.1) is 0 Å². The minimum Gasteiger partial charge on any atom is -0.399 e. The summed E-state index contributed by atoms with van der Waals surface area (Å²) in [6.45, 7) is 0. The van der Waals surface area contributed by atoms with E-state index in [2.05, 4.69) is 4.98 Å². The van der Waals surface area contributed by atoms with Crippen LogP contribution in [0.15, 0.2) is 42.0 Å². The van der Waals surface area contributed by atoms with Crippen molar-refractivity contribution < 1.29 is 4.79 Å². The number of thiazole rings is 1. The number of rotatable bonds is 4. The predicted octanol–water partition coefficient (Wildman–Crippen LogP) is 2.33. The van der Waals surface area contributed by atoms with Crippen LogP contribution in [-0.4, -0.2) is 15.2 Å². The lowest BCUT2D eigenvalue weighted by Crippen LogP contribution is -2.07. The molecule has 5 heteroatoms. The minimum absolute atomic E-state index is 0.149. The molecule has 96 valence electrons. The number of ketones is 1. The Morgan fingerprint density at radius 1 is 1.37 bits per heavy atom. The molecule has 1 aromatic carbocycles. The van der Waals surface area contributed by atoms with E-state index in [1.54, 1.807) is 11.3 Å². The molecule has 0 atom stereocenters. The highest BCUT2D eigenvalue weighted by Crippen LogP contribution is 2.13. The highest BCUT2D eigenvalue weighted by atomic mass is 32.1. The number of benzene rings is 1. The van der Waals surface area contributed by atoms with Crippen molar-refractivity contribution in [2.45, 2.75) is 12.8 Å². The van der Waals surface area contributed by atoms with Crippen LogP contribution in [0.3, 0.4) is 0 Å². The van der Waals surface area contributed by atoms with E-state index in [1.807, 2.05) is 46.4 Å². The first-order valence-electron chi connectivity index (χ1n) is 5.98. The van der Waals surface area contributed by atoms with Crippen molar-refractivity contribution in [2.75, 3.05) is 5.73 Å². The number of fused-ring (bicyclic) bond motifs is 1. The van der Waals surface area contributed by atoms with E-state index in [1.165, 1.54) is 0 Å². The maximum Gasteiger partial charge on any atom is 0.193 e. The molecular formula is C14H13N3OS. The van der Waals surface area contributed by atoms with Crippen LogP contribution in [0.2, 0.25) is 0 Å². The number of anilines is 1. The Morgan fingerprint density at radius 2 is 2.26 bits per heavy atom. The topological polar surface area (TPSA) is 60.4 Å². The van der Waals surface area contributed by atoms with Crippen LogP contribution >= 0.6 is 11.3 Å². The third-order valence-electron chi connectivity index (χ3n) is 2.87. The van der Waals surface area contributed by atoms with Gasteiger partial charge < -0.3 is 5.73 Å². The fourth-order valence-electron chi connectivity index (χ4n) is 2.06. The Bertz CT molecular complexity index is 700. The van der Waals surface area contributed by atoms with Gasteiger partial charge in [0.2, 0.25) is 0 Å². The van der Waals surface area contributed by atoms with E-state index in [0.29, 0.717) is 18.5 Å². The van der Waals surface area contributed by atoms with E-state index in [0.717, 1.165) is 16.2 Å². The van der Waals surface area contributed by atoms with Crippen molar-refractivity contribution in [3.05, 3.63) is 53.3 Å². The molecular weight excluding hydrogens is 258 g/mol. The van der Waals surface area contributed by atoms with Gasteiger partial charge in [0.15, 0.2) is 4.96 Å². The van der Waals surface area contributed by atoms with Crippen molar-refractivity contribution in [2.24, 2.45) is 0 Å². The SMILES string of the molecule is Nc1cccc(CC(=O)Cc2cn3ccsc3n2)c1. The molecule has 0 saturated carbocycles. The number of aromatic nitrogens is 2. The van der Waals surface area contributed by atoms with Crippen molar-refractivity contribution in [1.29, 1.82) is 0 Å². The molecule has 0 aliphatic carbocycles. The Morgan fingerprint density at radius 3 is 3.05 bits per heavy atom. The Hall–Kier alpha value is -2.14. The number of carbonyl (C=O) groups is 1. The third-order valence-corrected chi connectivity index (χ3v) is 3.64. The fourth-order valence-corrected chi connectivity index (χ4v) is 2.78. The molecule has 4 nitrogen and oxygen atoms in total. The highest BCUT2D eigenvalue weighted by Gasteiger charge is 2.09. The predicted molar refractivity (Wildman–Crippen MR) is 76.3 cm³/mol. The Labute approximate surface area is 114 Å². The largest absolute Gasteiger partial charge is 0.399 e. The maximum atomic E-state index is 12.0. The normalized spacial score (nSPS) is 10.9. The van der Waals surface area contributed by atoms with Crippen molar-refractivity contribution in [3.63, 3.8) is 0 Å². The Kier molecular flexibility index (Phi) is 3.05. The monoisotopic (exact) mass is 271 g/mol. The lowest BCUT2D eigenvalue weighted by molar-refractivity contribution is -0.117. The summed E-state index contributed by atoms with van der Waals surface area (Å²) in [6.07, 6.45) is 4.61. The molecule has 3 rings (SSSR count). The molecule has 2 N–H and O–H groups in total. The lowest BCUT2D eigenvalue weighted by atomic mass is 10.1. The summed E-state index contributed by atoms with van der Waals surface area (Å²) >= 11 is 1.57. The van der Waals surface area contributed by atoms with Crippen molar-refractivity contribution in [3.8, 4) is 0 Å². The molecule has 0 radical (unpaired) electrons. The van der Waals surface area contributed by atoms with Gasteiger partial charge in [-0.2, -0.15) is 0 Å². The van der Waals surface area contributed by atoms with Crippen molar-refractivity contribution >= 4 is 27.8 Å². The number of hydrogen-bond acceptors (Lipinski definition) is 4. The number of nitrogen functional groups attached to an aromatic ring is 1. The number of nitrogens with two attached hydrogens (primary N) is 1. The maximum absolute atomic E-state index is 12.0. The first-order valence-corrected chi connectivity index (χ1v) is 6.86. The number of carbonyl (C=O) groups excluding carboxylic acids is 1. The van der Waals surface area contributed by atoms with Crippen LogP contribution in [0.1, 0.15) is 11.3 Å². The van der Waals surface area contributed by atoms with Gasteiger partial charge in [0.1, 0.15) is 5.78 Å². The van der Waals surface area contributed by atoms with E-state index >= 15 is 0 Å². The van der Waals surface area contributed by atoms with Crippen LogP contribution in [0.4, 0.5) is 5.69 Å². The number of imidazole rings is 1. The van der Waals surface area contributed by atoms with Gasteiger partial charge in [-0.05, 0) is 17.7 Å². The van der Waals surface area contributed by atoms with Crippen LogP contribution in [-0.2, 0) is 17.6 Å². The van der Waals surface area contributed by atoms with Crippen LogP contribution in [0.25, 0.3) is 4.96 Å². The third kappa shape index (κ3) is 2.66. The van der Waals surface area contributed by atoms with Gasteiger partial charge in [0.05, 0.1) is 12.1 Å². The van der Waals surface area contributed by atoms with Gasteiger partial charge in [-0.3, -0.25) is 9.20 Å². The van der Waals surface area contributed by atoms with Crippen molar-refractivity contribution in [1.82, 2.24) is 9.38 Å². The fraction of sp³-hybridized carbons (Fsp3) is 0.143. The average Bonchev–Trinajstić information content (AvgIpc) is 2.89. The van der Waals surface area contributed by atoms with Gasteiger partial charge in [0, 0.05) is 29.9 Å². The molecule has 0 aliphatic rings. The second kappa shape index (κ2) is 4.85. The molecule has 0 saturated heterocycles. The zero-order valence-corrected chi connectivity index (χ0v) is 11.1. The molecule has 2 aromatic heterocycles. The second-order valence-electron chi connectivity index (χ2n) is 4.46. The van der Waals surface area contributed by atoms with E-state index in [9.17, 15) is 4.79 Å². The molecule has 0 bridgehead atoms. The number of Topliss-reactive ketones (excluding diaryl/α,β-unsaturated/α-hetero) is 1. The van der Waals surface area contributed by atoms with Gasteiger partial charge in [0.25, 0.3) is 0 Å². The molecule has 0 unspecified atom stereocenters. The first kappa shape index (κ1) is 11.9. The van der Waals surface area contributed by atoms with E-state index in [-0.39, 0.29) is 5.78 Å². The zero-order chi connectivity index (χ0) is 13.2. The summed E-state index contributed by atoms with van der Waals surface area (Å²) in [5.41, 5.74) is 8.16. The quantitative estimate of drug-likeness (QED) is 0.741. The average molecular weight is 271 g/mol. The second-order valence-corrected chi connectivity index (χ2v) is 5.34. The van der Waals surface area contributed by atoms with Gasteiger partial charge >= 0.3 is 0 Å². The molecule has 2 heterocycles. The lowest BCUT2D eigenvalue weighted by Gasteiger charge is -2.01. The molecule has 0 aliphatic heterocycles. The van der Waals surface area contributed by atoms with Crippen LogP contribution in [0.5, 0.6) is 0 Å². The number of nitrogens with zero attached hydrogens (tertiary/aromatic N) is 2. The highest BCUT2D eigenvalue weighted by molar-refractivity contribution is 7.15. The van der Waals surface area contributed by atoms with Gasteiger partial charge in [-0.25, -0.2) is 4.98 Å². The standard InChI is InChI=1S/C14H13N3OS/c15-11-3-1-2-10(6-11)7-13(18)8-12-9-17-4-5-19-14(17)16-12/h1-6,9H,7-8,15H2. The van der Waals surface area contributed by atoms with Gasteiger partial charge in [-0.15, -0.1) is 11.3 Å². The summed E-state index contributed by atoms with van der Waals surface area (Å²) < 4.78 is 1.94. The summed E-state index contributed by atoms with van der Waals surface area (Å²) in [6, 6.07) is 7.44. The smallest absolute Gasteiger partial charge is 0.193 e. The minimum atomic E-state index is 0.149. The number of hydrogen-bond donors (Lipinski definition) is 1. The summed E-state index contributed by atoms with van der Waals surface area (Å²) in [7, 11) is 0. The molecule has 3 aromatic rings. The zero-order valence-electron chi connectivity index (χ0n) is 10.2. The molecule has 0 amide bonds. The van der Waals surface area contributed by atoms with E-state index in [4.69, 9.17) is 5.73 Å². The Balaban J connectivity index is 1.69. The molecule has 0 spiro atoms. The molecule has 19 heavy (non-hydrogen) atoms. The summed E-state index contributed by atoms with van der Waals surface area (Å²) in [5, 5.41) is 1.97. The van der Waals surface area contributed by atoms with Gasteiger partial charge in [-0.1, -0.05) is 12.1 Å². The first-order chi connectivity index (χ1) is 9.20. The molecule has 0 fully saturated rings. The van der Waals surface area contributed by atoms with Crippen LogP contribution < -0.4 is 5.73 Å².